The fourth-order valence-electron chi connectivity index (χ4n) is 4.44. The van der Waals surface area contributed by atoms with Crippen LogP contribution in [-0.4, -0.2) is 53.8 Å². The zero-order valence-electron chi connectivity index (χ0n) is 21.2. The van der Waals surface area contributed by atoms with Crippen molar-refractivity contribution in [1.29, 1.82) is 0 Å². The molecule has 11 heteroatoms. The highest BCUT2D eigenvalue weighted by Crippen LogP contribution is 2.30. The molecule has 1 N–H and O–H groups in total. The van der Waals surface area contributed by atoms with Gasteiger partial charge in [-0.3, -0.25) is 9.08 Å². The Bertz CT molecular complexity index is 1450. The number of hydrogen-bond donors (Lipinski definition) is 1. The molecule has 194 valence electrons. The van der Waals surface area contributed by atoms with E-state index in [0.717, 1.165) is 24.6 Å². The molecule has 1 aliphatic heterocycles. The Morgan fingerprint density at radius 3 is 2.59 bits per heavy atom. The second kappa shape index (κ2) is 9.45. The summed E-state index contributed by atoms with van der Waals surface area (Å²) in [6, 6.07) is 2.50. The molecular weight excluding hydrogens is 480 g/mol. The maximum Gasteiger partial charge on any atom is 0.410 e. The Balaban J connectivity index is 1.30. The second-order valence-electron chi connectivity index (χ2n) is 10.2. The third-order valence-corrected chi connectivity index (χ3v) is 6.31. The first-order valence-electron chi connectivity index (χ1n) is 12.2. The number of halogens is 2. The Hall–Kier alpha value is -4.02. The highest BCUT2D eigenvalue weighted by Gasteiger charge is 2.28. The topological polar surface area (TPSA) is 89.6 Å². The number of ether oxygens (including phenoxy) is 1. The van der Waals surface area contributed by atoms with Crippen LogP contribution in [-0.2, 0) is 4.74 Å². The molecule has 1 saturated heterocycles. The lowest BCUT2D eigenvalue weighted by molar-refractivity contribution is 0.0185. The van der Waals surface area contributed by atoms with Crippen molar-refractivity contribution in [1.82, 2.24) is 29.0 Å². The van der Waals surface area contributed by atoms with Gasteiger partial charge < -0.3 is 15.0 Å². The molecule has 0 radical (unpaired) electrons. The molecule has 1 aliphatic rings. The molecule has 37 heavy (non-hydrogen) atoms. The minimum atomic E-state index is -0.667. The predicted molar refractivity (Wildman–Crippen MR) is 135 cm³/mol. The average Bonchev–Trinajstić information content (AvgIpc) is 3.51. The Kier molecular flexibility index (Phi) is 6.30. The number of rotatable bonds is 4. The molecule has 0 unspecified atom stereocenters. The SMILES string of the molecule is Cc1cc(-c2cnc(Nc3cnn(C4CCN(C(=O)OC(C)(C)C)CC4)c3)c3nccn23)c(F)cc1F. The van der Waals surface area contributed by atoms with Crippen molar-refractivity contribution >= 4 is 23.2 Å². The molecule has 1 aromatic carbocycles. The summed E-state index contributed by atoms with van der Waals surface area (Å²) in [5, 5.41) is 7.75. The Morgan fingerprint density at radius 1 is 1.11 bits per heavy atom. The molecule has 0 bridgehead atoms. The zero-order chi connectivity index (χ0) is 26.3. The number of amides is 1. The number of likely N-dealkylation sites (tertiary alicyclic amines) is 1. The number of piperidine rings is 1. The molecule has 1 amide bonds. The van der Waals surface area contributed by atoms with Crippen LogP contribution in [0, 0.1) is 18.6 Å². The number of nitrogens with zero attached hydrogens (tertiary/aromatic N) is 6. The van der Waals surface area contributed by atoms with Crippen molar-refractivity contribution in [2.24, 2.45) is 0 Å². The number of anilines is 2. The van der Waals surface area contributed by atoms with Gasteiger partial charge in [0.1, 0.15) is 17.2 Å². The smallest absolute Gasteiger partial charge is 0.410 e. The molecule has 0 spiro atoms. The van der Waals surface area contributed by atoms with Crippen LogP contribution in [0.2, 0.25) is 0 Å². The Morgan fingerprint density at radius 2 is 1.86 bits per heavy atom. The van der Waals surface area contributed by atoms with Crippen molar-refractivity contribution in [2.45, 2.75) is 52.2 Å². The number of fused-ring (bicyclic) bond motifs is 1. The number of carbonyl (C=O) groups is 1. The van der Waals surface area contributed by atoms with Gasteiger partial charge in [0.15, 0.2) is 11.5 Å². The molecule has 5 rings (SSSR count). The minimum absolute atomic E-state index is 0.153. The number of carbonyl (C=O) groups excluding carboxylic acids is 1. The van der Waals surface area contributed by atoms with Crippen molar-refractivity contribution in [3.8, 4) is 11.3 Å². The zero-order valence-corrected chi connectivity index (χ0v) is 21.2. The van der Waals surface area contributed by atoms with Crippen molar-refractivity contribution in [3.05, 3.63) is 60.3 Å². The maximum atomic E-state index is 14.6. The number of hydrogen-bond acceptors (Lipinski definition) is 6. The standard InChI is InChI=1S/C26H29F2N7O2/c1-16-11-19(21(28)12-20(16)27)22-14-30-23(24-29-7-10-34(22)24)32-17-13-31-35(15-17)18-5-8-33(9-6-18)25(36)37-26(2,3)4/h7,10-15,18H,5-6,8-9H2,1-4H3,(H,30,32). The largest absolute Gasteiger partial charge is 0.444 e. The van der Waals surface area contributed by atoms with Crippen LogP contribution in [0.4, 0.5) is 25.1 Å². The summed E-state index contributed by atoms with van der Waals surface area (Å²) < 4.78 is 37.4. The van der Waals surface area contributed by atoms with E-state index >= 15 is 0 Å². The lowest BCUT2D eigenvalue weighted by Gasteiger charge is -2.33. The van der Waals surface area contributed by atoms with Gasteiger partial charge in [-0.1, -0.05) is 0 Å². The van der Waals surface area contributed by atoms with E-state index in [4.69, 9.17) is 4.74 Å². The molecule has 0 saturated carbocycles. The van der Waals surface area contributed by atoms with Crippen molar-refractivity contribution in [2.75, 3.05) is 18.4 Å². The number of aromatic nitrogens is 5. The summed E-state index contributed by atoms with van der Waals surface area (Å²) in [4.78, 5) is 22.9. The summed E-state index contributed by atoms with van der Waals surface area (Å²) in [5.41, 5.74) is 1.75. The monoisotopic (exact) mass is 509 g/mol. The molecule has 4 aromatic rings. The van der Waals surface area contributed by atoms with E-state index in [9.17, 15) is 13.6 Å². The minimum Gasteiger partial charge on any atom is -0.444 e. The first kappa shape index (κ1) is 24.7. The van der Waals surface area contributed by atoms with E-state index < -0.39 is 17.2 Å². The van der Waals surface area contributed by atoms with Gasteiger partial charge in [-0.15, -0.1) is 0 Å². The summed E-state index contributed by atoms with van der Waals surface area (Å²) in [7, 11) is 0. The number of benzene rings is 1. The van der Waals surface area contributed by atoms with Crippen molar-refractivity contribution < 1.29 is 18.3 Å². The molecule has 3 aromatic heterocycles. The first-order chi connectivity index (χ1) is 17.6. The molecule has 0 aliphatic carbocycles. The quantitative estimate of drug-likeness (QED) is 0.391. The third kappa shape index (κ3) is 5.11. The highest BCUT2D eigenvalue weighted by molar-refractivity contribution is 5.74. The molecule has 9 nitrogen and oxygen atoms in total. The fourth-order valence-corrected chi connectivity index (χ4v) is 4.44. The van der Waals surface area contributed by atoms with Crippen LogP contribution in [0.25, 0.3) is 16.9 Å². The van der Waals surface area contributed by atoms with E-state index in [1.54, 1.807) is 34.8 Å². The van der Waals surface area contributed by atoms with Crippen molar-refractivity contribution in [3.63, 3.8) is 0 Å². The van der Waals surface area contributed by atoms with Crippen LogP contribution in [0.3, 0.4) is 0 Å². The van der Waals surface area contributed by atoms with E-state index in [1.807, 2.05) is 31.6 Å². The van der Waals surface area contributed by atoms with Gasteiger partial charge in [-0.25, -0.2) is 23.5 Å². The van der Waals surface area contributed by atoms with Crippen LogP contribution >= 0.6 is 0 Å². The summed E-state index contributed by atoms with van der Waals surface area (Å²) in [5.74, 6) is -0.784. The normalized spacial score (nSPS) is 14.8. The number of aryl methyl sites for hydroxylation is 1. The van der Waals surface area contributed by atoms with Crippen LogP contribution in [0.5, 0.6) is 0 Å². The van der Waals surface area contributed by atoms with E-state index in [2.05, 4.69) is 20.4 Å². The predicted octanol–water partition coefficient (Wildman–Crippen LogP) is 5.50. The highest BCUT2D eigenvalue weighted by atomic mass is 19.1. The molecule has 4 heterocycles. The van der Waals surface area contributed by atoms with Crippen LogP contribution < -0.4 is 5.32 Å². The van der Waals surface area contributed by atoms with Gasteiger partial charge in [0.2, 0.25) is 0 Å². The van der Waals surface area contributed by atoms with Crippen LogP contribution in [0.15, 0.2) is 43.1 Å². The Labute approximate surface area is 213 Å². The second-order valence-corrected chi connectivity index (χ2v) is 10.2. The van der Waals surface area contributed by atoms with E-state index in [-0.39, 0.29) is 17.7 Å². The van der Waals surface area contributed by atoms with Gasteiger partial charge in [0, 0.05) is 43.3 Å². The van der Waals surface area contributed by atoms with Gasteiger partial charge >= 0.3 is 6.09 Å². The molecule has 1 fully saturated rings. The van der Waals surface area contributed by atoms with Gasteiger partial charge in [-0.2, -0.15) is 5.10 Å². The third-order valence-electron chi connectivity index (χ3n) is 6.31. The molecular formula is C26H29F2N7O2. The van der Waals surface area contributed by atoms with Crippen LogP contribution in [0.1, 0.15) is 45.2 Å². The summed E-state index contributed by atoms with van der Waals surface area (Å²) in [6.07, 6.45) is 9.68. The van der Waals surface area contributed by atoms with Gasteiger partial charge in [0.05, 0.1) is 29.8 Å². The molecule has 0 atom stereocenters. The van der Waals surface area contributed by atoms with E-state index in [1.165, 1.54) is 12.3 Å². The lowest BCUT2D eigenvalue weighted by atomic mass is 10.1. The maximum absolute atomic E-state index is 14.6. The lowest BCUT2D eigenvalue weighted by Crippen LogP contribution is -2.42. The van der Waals surface area contributed by atoms with E-state index in [0.29, 0.717) is 35.8 Å². The number of imidazole rings is 1. The average molecular weight is 510 g/mol. The first-order valence-corrected chi connectivity index (χ1v) is 12.2. The summed E-state index contributed by atoms with van der Waals surface area (Å²) in [6.45, 7) is 8.36. The van der Waals surface area contributed by atoms with Gasteiger partial charge in [0.25, 0.3) is 0 Å². The summed E-state index contributed by atoms with van der Waals surface area (Å²) >= 11 is 0. The van der Waals surface area contributed by atoms with Gasteiger partial charge in [-0.05, 0) is 52.2 Å². The number of nitrogens with one attached hydrogen (secondary N) is 1. The fraction of sp³-hybridized carbons (Fsp3) is 0.385.